The van der Waals surface area contributed by atoms with Gasteiger partial charge in [0, 0.05) is 5.75 Å². The Morgan fingerprint density at radius 1 is 1.14 bits per heavy atom. The number of anilines is 1. The molecule has 1 N–H and O–H groups in total. The van der Waals surface area contributed by atoms with Gasteiger partial charge in [0.25, 0.3) is 5.91 Å². The van der Waals surface area contributed by atoms with E-state index in [0.717, 1.165) is 11.3 Å². The van der Waals surface area contributed by atoms with Gasteiger partial charge in [-0.2, -0.15) is 12.6 Å². The van der Waals surface area contributed by atoms with Gasteiger partial charge in [-0.15, -0.1) is 0 Å². The fourth-order valence-corrected chi connectivity index (χ4v) is 3.35. The molecule has 1 aliphatic rings. The third-order valence-corrected chi connectivity index (χ3v) is 4.88. The molecule has 2 aromatic carbocycles. The zero-order valence-corrected chi connectivity index (χ0v) is 16.6. The highest BCUT2D eigenvalue weighted by Gasteiger charge is 2.30. The first-order valence-corrected chi connectivity index (χ1v) is 9.44. The Morgan fingerprint density at radius 2 is 1.86 bits per heavy atom. The number of amides is 1. The normalized spacial score (nSPS) is 13.8. The molecular formula is C21H22N2O4S. The van der Waals surface area contributed by atoms with E-state index in [-0.39, 0.29) is 11.7 Å². The summed E-state index contributed by atoms with van der Waals surface area (Å²) in [5.74, 6) is 0.515. The van der Waals surface area contributed by atoms with E-state index in [9.17, 15) is 9.59 Å². The van der Waals surface area contributed by atoms with Crippen molar-refractivity contribution in [1.82, 2.24) is 5.32 Å². The lowest BCUT2D eigenvalue weighted by Crippen LogP contribution is -2.47. The number of para-hydroxylation sites is 2. The summed E-state index contributed by atoms with van der Waals surface area (Å²) in [5, 5.41) is 3.11. The monoisotopic (exact) mass is 398 g/mol. The molecule has 2 aromatic rings. The first-order valence-electron chi connectivity index (χ1n) is 8.81. The molecule has 0 radical (unpaired) electrons. The summed E-state index contributed by atoms with van der Waals surface area (Å²) in [6.45, 7) is 0. The van der Waals surface area contributed by atoms with Crippen LogP contribution in [0.25, 0.3) is 0 Å². The standard InChI is InChI=1S/C21H22N2O4S/c1-26-18-10-6-4-8-15(18)20(24)23-17-9-5-3-7-14(17)11-12-19(23)22-16(13-28)21(25)27-2/h3-10,12,16,22,28H,11,13H2,1-2H3/t16-/m1/s1. The van der Waals surface area contributed by atoms with Crippen LogP contribution in [0.4, 0.5) is 5.69 Å². The van der Waals surface area contributed by atoms with Crippen LogP contribution in [0.5, 0.6) is 5.75 Å². The van der Waals surface area contributed by atoms with Crippen LogP contribution in [0.2, 0.25) is 0 Å². The molecule has 0 spiro atoms. The van der Waals surface area contributed by atoms with Gasteiger partial charge in [0.1, 0.15) is 17.6 Å². The Balaban J connectivity index is 2.03. The molecule has 1 atom stereocenters. The highest BCUT2D eigenvalue weighted by molar-refractivity contribution is 7.80. The summed E-state index contributed by atoms with van der Waals surface area (Å²) in [7, 11) is 2.85. The molecule has 1 heterocycles. The largest absolute Gasteiger partial charge is 0.496 e. The van der Waals surface area contributed by atoms with E-state index < -0.39 is 12.0 Å². The number of carbonyl (C=O) groups excluding carboxylic acids is 2. The number of carbonyl (C=O) groups is 2. The number of nitrogens with zero attached hydrogens (tertiary/aromatic N) is 1. The Bertz CT molecular complexity index is 913. The second-order valence-electron chi connectivity index (χ2n) is 6.17. The lowest BCUT2D eigenvalue weighted by atomic mass is 10.0. The van der Waals surface area contributed by atoms with Gasteiger partial charge < -0.3 is 14.8 Å². The van der Waals surface area contributed by atoms with Crippen LogP contribution >= 0.6 is 12.6 Å². The van der Waals surface area contributed by atoms with Gasteiger partial charge in [-0.3, -0.25) is 9.69 Å². The molecule has 0 fully saturated rings. The van der Waals surface area contributed by atoms with Gasteiger partial charge in [-0.25, -0.2) is 4.79 Å². The lowest BCUT2D eigenvalue weighted by Gasteiger charge is -2.33. The van der Waals surface area contributed by atoms with Crippen LogP contribution in [-0.2, 0) is 16.0 Å². The molecule has 3 rings (SSSR count). The van der Waals surface area contributed by atoms with Gasteiger partial charge in [0.2, 0.25) is 0 Å². The van der Waals surface area contributed by atoms with Crippen molar-refractivity contribution >= 4 is 30.2 Å². The number of thiol groups is 1. The molecule has 0 unspecified atom stereocenters. The number of fused-ring (bicyclic) bond motifs is 1. The summed E-state index contributed by atoms with van der Waals surface area (Å²) in [5.41, 5.74) is 2.19. The highest BCUT2D eigenvalue weighted by Crippen LogP contribution is 2.32. The fourth-order valence-electron chi connectivity index (χ4n) is 3.11. The van der Waals surface area contributed by atoms with Crippen molar-refractivity contribution in [3.63, 3.8) is 0 Å². The number of ether oxygens (including phenoxy) is 2. The zero-order valence-electron chi connectivity index (χ0n) is 15.7. The first-order chi connectivity index (χ1) is 13.6. The predicted octanol–water partition coefficient (Wildman–Crippen LogP) is 2.80. The van der Waals surface area contributed by atoms with E-state index in [0.29, 0.717) is 23.6 Å². The molecular weight excluding hydrogens is 376 g/mol. The number of benzene rings is 2. The van der Waals surface area contributed by atoms with Crippen LogP contribution in [0.1, 0.15) is 15.9 Å². The van der Waals surface area contributed by atoms with E-state index in [1.54, 1.807) is 23.1 Å². The van der Waals surface area contributed by atoms with Crippen molar-refractivity contribution in [2.24, 2.45) is 0 Å². The molecule has 0 aromatic heterocycles. The van der Waals surface area contributed by atoms with Crippen molar-refractivity contribution in [3.05, 3.63) is 71.6 Å². The number of rotatable bonds is 6. The Hall–Kier alpha value is -2.93. The summed E-state index contributed by atoms with van der Waals surface area (Å²) in [4.78, 5) is 27.1. The predicted molar refractivity (Wildman–Crippen MR) is 111 cm³/mol. The number of allylic oxidation sites excluding steroid dienone is 1. The number of methoxy groups -OCH3 is 2. The van der Waals surface area contributed by atoms with Gasteiger partial charge in [0.15, 0.2) is 0 Å². The minimum Gasteiger partial charge on any atom is -0.496 e. The number of hydrogen-bond donors (Lipinski definition) is 2. The summed E-state index contributed by atoms with van der Waals surface area (Å²) in [6.07, 6.45) is 2.52. The van der Waals surface area contributed by atoms with Crippen LogP contribution in [0, 0.1) is 0 Å². The van der Waals surface area contributed by atoms with Gasteiger partial charge in [0.05, 0.1) is 25.5 Å². The molecule has 28 heavy (non-hydrogen) atoms. The summed E-state index contributed by atoms with van der Waals surface area (Å²) < 4.78 is 10.2. The number of esters is 1. The van der Waals surface area contributed by atoms with Crippen molar-refractivity contribution in [2.45, 2.75) is 12.5 Å². The van der Waals surface area contributed by atoms with Crippen molar-refractivity contribution < 1.29 is 19.1 Å². The van der Waals surface area contributed by atoms with Crippen LogP contribution in [0.3, 0.4) is 0 Å². The summed E-state index contributed by atoms with van der Waals surface area (Å²) >= 11 is 4.23. The maximum absolute atomic E-state index is 13.5. The second-order valence-corrected chi connectivity index (χ2v) is 6.53. The number of nitrogens with one attached hydrogen (secondary N) is 1. The topological polar surface area (TPSA) is 67.9 Å². The molecule has 0 aliphatic carbocycles. The minimum atomic E-state index is -0.683. The Kier molecular flexibility index (Phi) is 6.26. The molecule has 0 saturated carbocycles. The maximum Gasteiger partial charge on any atom is 0.329 e. The third-order valence-electron chi connectivity index (χ3n) is 4.52. The van der Waals surface area contributed by atoms with Crippen molar-refractivity contribution in [2.75, 3.05) is 24.9 Å². The molecule has 1 amide bonds. The Labute approximate surface area is 169 Å². The van der Waals surface area contributed by atoms with Crippen LogP contribution in [0.15, 0.2) is 60.4 Å². The smallest absolute Gasteiger partial charge is 0.329 e. The maximum atomic E-state index is 13.5. The van der Waals surface area contributed by atoms with Crippen molar-refractivity contribution in [3.8, 4) is 5.75 Å². The first kappa shape index (κ1) is 19.8. The second kappa shape index (κ2) is 8.84. The number of hydrogen-bond acceptors (Lipinski definition) is 6. The van der Waals surface area contributed by atoms with E-state index >= 15 is 0 Å². The van der Waals surface area contributed by atoms with Crippen LogP contribution < -0.4 is 15.0 Å². The van der Waals surface area contributed by atoms with Crippen molar-refractivity contribution in [1.29, 1.82) is 0 Å². The quantitative estimate of drug-likeness (QED) is 0.579. The van der Waals surface area contributed by atoms with Gasteiger partial charge in [-0.1, -0.05) is 30.3 Å². The average Bonchev–Trinajstić information content (AvgIpc) is 2.76. The van der Waals surface area contributed by atoms with Gasteiger partial charge in [-0.05, 0) is 36.3 Å². The van der Waals surface area contributed by atoms with Gasteiger partial charge >= 0.3 is 5.97 Å². The SMILES string of the molecule is COC(=O)[C@@H](CS)NC1=CCc2ccccc2N1C(=O)c1ccccc1OC. The Morgan fingerprint density at radius 3 is 2.57 bits per heavy atom. The zero-order chi connectivity index (χ0) is 20.1. The molecule has 7 heteroatoms. The fraction of sp³-hybridized carbons (Fsp3) is 0.238. The van der Waals surface area contributed by atoms with E-state index in [2.05, 4.69) is 17.9 Å². The van der Waals surface area contributed by atoms with E-state index in [4.69, 9.17) is 9.47 Å². The van der Waals surface area contributed by atoms with Crippen LogP contribution in [-0.4, -0.2) is 37.9 Å². The average molecular weight is 398 g/mol. The lowest BCUT2D eigenvalue weighted by molar-refractivity contribution is -0.142. The molecule has 0 bridgehead atoms. The van der Waals surface area contributed by atoms with E-state index in [1.165, 1.54) is 14.2 Å². The van der Waals surface area contributed by atoms with E-state index in [1.807, 2.05) is 36.4 Å². The highest BCUT2D eigenvalue weighted by atomic mass is 32.1. The molecule has 1 aliphatic heterocycles. The minimum absolute atomic E-state index is 0.225. The molecule has 146 valence electrons. The molecule has 0 saturated heterocycles. The molecule has 6 nitrogen and oxygen atoms in total. The summed E-state index contributed by atoms with van der Waals surface area (Å²) in [6, 6.07) is 14.0. The third kappa shape index (κ3) is 3.84.